The summed E-state index contributed by atoms with van der Waals surface area (Å²) in [6, 6.07) is 5.41. The Bertz CT molecular complexity index is 457. The van der Waals surface area contributed by atoms with Crippen LogP contribution in [0.5, 0.6) is 0 Å². The third kappa shape index (κ3) is 5.41. The van der Waals surface area contributed by atoms with E-state index in [1.54, 1.807) is 0 Å². The molecule has 0 aromatic heterocycles. The largest absolute Gasteiger partial charge is 0.302 e. The first-order chi connectivity index (χ1) is 9.00. The van der Waals surface area contributed by atoms with Crippen LogP contribution < -0.4 is 5.32 Å². The minimum atomic E-state index is -0.324. The second kappa shape index (κ2) is 6.04. The van der Waals surface area contributed by atoms with E-state index in [0.29, 0.717) is 5.56 Å². The monoisotopic (exact) mass is 279 g/mol. The zero-order valence-electron chi connectivity index (χ0n) is 13.4. The number of ketones is 1. The van der Waals surface area contributed by atoms with Gasteiger partial charge in [-0.3, -0.25) is 4.79 Å². The number of carbonyl (C=O) groups is 1. The van der Waals surface area contributed by atoms with Gasteiger partial charge in [0, 0.05) is 11.1 Å². The summed E-state index contributed by atoms with van der Waals surface area (Å²) in [7, 11) is 0. The van der Waals surface area contributed by atoms with Crippen molar-refractivity contribution in [1.29, 1.82) is 0 Å². The summed E-state index contributed by atoms with van der Waals surface area (Å²) in [5, 5.41) is 3.38. The van der Waals surface area contributed by atoms with Gasteiger partial charge in [-0.2, -0.15) is 0 Å². The highest BCUT2D eigenvalue weighted by atomic mass is 19.1. The van der Waals surface area contributed by atoms with E-state index in [-0.39, 0.29) is 28.6 Å². The normalized spacial score (nSPS) is 14.2. The SMILES string of the molecule is CC(NC(C)(C)CC(C)(C)C)C(=O)c1ccc(F)cc1. The Morgan fingerprint density at radius 2 is 1.65 bits per heavy atom. The van der Waals surface area contributed by atoms with E-state index in [1.807, 2.05) is 6.92 Å². The Labute approximate surface area is 121 Å². The average Bonchev–Trinajstić information content (AvgIpc) is 2.24. The molecule has 0 aliphatic heterocycles. The molecule has 1 unspecified atom stereocenters. The van der Waals surface area contributed by atoms with Gasteiger partial charge in [-0.15, -0.1) is 0 Å². The number of hydrogen-bond donors (Lipinski definition) is 1. The minimum absolute atomic E-state index is 0.00742. The van der Waals surface area contributed by atoms with Gasteiger partial charge in [0.1, 0.15) is 5.82 Å². The first kappa shape index (κ1) is 16.8. The highest BCUT2D eigenvalue weighted by Crippen LogP contribution is 2.27. The van der Waals surface area contributed by atoms with Crippen molar-refractivity contribution in [3.8, 4) is 0 Å². The lowest BCUT2D eigenvalue weighted by molar-refractivity contribution is 0.0921. The Balaban J connectivity index is 2.73. The third-order valence-electron chi connectivity index (χ3n) is 3.10. The van der Waals surface area contributed by atoms with Crippen molar-refractivity contribution in [1.82, 2.24) is 5.32 Å². The summed E-state index contributed by atoms with van der Waals surface area (Å²) >= 11 is 0. The molecule has 0 bridgehead atoms. The van der Waals surface area contributed by atoms with Gasteiger partial charge in [0.15, 0.2) is 5.78 Å². The van der Waals surface area contributed by atoms with Gasteiger partial charge in [-0.1, -0.05) is 20.8 Å². The first-order valence-corrected chi connectivity index (χ1v) is 7.08. The van der Waals surface area contributed by atoms with E-state index < -0.39 is 0 Å². The van der Waals surface area contributed by atoms with Crippen LogP contribution in [0.3, 0.4) is 0 Å². The standard InChI is InChI=1S/C17H26FNO/c1-12(19-17(5,6)11-16(2,3)4)15(20)13-7-9-14(18)10-8-13/h7-10,12,19H,11H2,1-6H3. The van der Waals surface area contributed by atoms with E-state index in [1.165, 1.54) is 24.3 Å². The summed E-state index contributed by atoms with van der Waals surface area (Å²) in [6.07, 6.45) is 0.959. The molecule has 0 aliphatic carbocycles. The van der Waals surface area contributed by atoms with Crippen LogP contribution in [0.1, 0.15) is 58.3 Å². The maximum absolute atomic E-state index is 12.9. The second-order valence-electron chi connectivity index (χ2n) is 7.36. The Hall–Kier alpha value is -1.22. The van der Waals surface area contributed by atoms with Crippen LogP contribution in [0.4, 0.5) is 4.39 Å². The molecule has 2 nitrogen and oxygen atoms in total. The minimum Gasteiger partial charge on any atom is -0.302 e. The van der Waals surface area contributed by atoms with E-state index >= 15 is 0 Å². The summed E-state index contributed by atoms with van der Waals surface area (Å²) in [6.45, 7) is 12.6. The summed E-state index contributed by atoms with van der Waals surface area (Å²) < 4.78 is 12.9. The lowest BCUT2D eigenvalue weighted by Crippen LogP contribution is -2.49. The van der Waals surface area contributed by atoms with Crippen molar-refractivity contribution in [3.05, 3.63) is 35.6 Å². The molecule has 0 fully saturated rings. The summed E-state index contributed by atoms with van der Waals surface area (Å²) in [4.78, 5) is 12.3. The fraction of sp³-hybridized carbons (Fsp3) is 0.588. The molecule has 1 N–H and O–H groups in total. The molecule has 1 atom stereocenters. The maximum Gasteiger partial charge on any atom is 0.179 e. The molecule has 0 heterocycles. The van der Waals surface area contributed by atoms with Crippen molar-refractivity contribution in [2.24, 2.45) is 5.41 Å². The molecule has 3 heteroatoms. The molecule has 0 aliphatic rings. The van der Waals surface area contributed by atoms with Crippen LogP contribution in [0, 0.1) is 11.2 Å². The molecule has 0 amide bonds. The van der Waals surface area contributed by atoms with Crippen LogP contribution in [0.25, 0.3) is 0 Å². The van der Waals surface area contributed by atoms with Crippen molar-refractivity contribution in [2.45, 2.75) is 59.5 Å². The topological polar surface area (TPSA) is 29.1 Å². The van der Waals surface area contributed by atoms with E-state index in [4.69, 9.17) is 0 Å². The molecule has 112 valence electrons. The number of Topliss-reactive ketones (excluding diaryl/α,β-unsaturated/α-hetero) is 1. The molecular weight excluding hydrogens is 253 g/mol. The highest BCUT2D eigenvalue weighted by Gasteiger charge is 2.28. The van der Waals surface area contributed by atoms with Crippen LogP contribution in [0.15, 0.2) is 24.3 Å². The van der Waals surface area contributed by atoms with E-state index in [2.05, 4.69) is 39.9 Å². The number of halogens is 1. The number of carbonyl (C=O) groups excluding carboxylic acids is 1. The van der Waals surface area contributed by atoms with Gasteiger partial charge in [0.25, 0.3) is 0 Å². The Kier molecular flexibility index (Phi) is 5.09. The van der Waals surface area contributed by atoms with Gasteiger partial charge >= 0.3 is 0 Å². The molecular formula is C17H26FNO. The van der Waals surface area contributed by atoms with Gasteiger partial charge < -0.3 is 5.32 Å². The fourth-order valence-corrected chi connectivity index (χ4v) is 2.89. The number of rotatable bonds is 5. The predicted molar refractivity (Wildman–Crippen MR) is 81.5 cm³/mol. The van der Waals surface area contributed by atoms with Crippen LogP contribution in [-0.2, 0) is 0 Å². The average molecular weight is 279 g/mol. The smallest absolute Gasteiger partial charge is 0.179 e. The molecule has 20 heavy (non-hydrogen) atoms. The van der Waals surface area contributed by atoms with Crippen LogP contribution in [-0.4, -0.2) is 17.4 Å². The summed E-state index contributed by atoms with van der Waals surface area (Å²) in [5.74, 6) is -0.331. The van der Waals surface area contributed by atoms with Crippen molar-refractivity contribution < 1.29 is 9.18 Å². The van der Waals surface area contributed by atoms with E-state index in [9.17, 15) is 9.18 Å². The lowest BCUT2D eigenvalue weighted by atomic mass is 9.81. The van der Waals surface area contributed by atoms with Crippen molar-refractivity contribution in [3.63, 3.8) is 0 Å². The Morgan fingerprint density at radius 3 is 2.10 bits per heavy atom. The van der Waals surface area contributed by atoms with Crippen molar-refractivity contribution >= 4 is 5.78 Å². The number of hydrogen-bond acceptors (Lipinski definition) is 2. The zero-order chi connectivity index (χ0) is 15.6. The van der Waals surface area contributed by atoms with Gasteiger partial charge in [0.2, 0.25) is 0 Å². The molecule has 0 saturated heterocycles. The zero-order valence-corrected chi connectivity index (χ0v) is 13.4. The maximum atomic E-state index is 12.9. The van der Waals surface area contributed by atoms with Gasteiger partial charge in [-0.25, -0.2) is 4.39 Å². The molecule has 0 saturated carbocycles. The fourth-order valence-electron chi connectivity index (χ4n) is 2.89. The van der Waals surface area contributed by atoms with Gasteiger partial charge in [-0.05, 0) is 56.9 Å². The summed E-state index contributed by atoms with van der Waals surface area (Å²) in [5.41, 5.74) is 0.598. The van der Waals surface area contributed by atoms with E-state index in [0.717, 1.165) is 6.42 Å². The second-order valence-corrected chi connectivity index (χ2v) is 7.36. The number of benzene rings is 1. The molecule has 1 rings (SSSR count). The number of nitrogens with one attached hydrogen (secondary N) is 1. The quantitative estimate of drug-likeness (QED) is 0.818. The lowest BCUT2D eigenvalue weighted by Gasteiger charge is -2.35. The highest BCUT2D eigenvalue weighted by molar-refractivity contribution is 5.99. The first-order valence-electron chi connectivity index (χ1n) is 7.08. The predicted octanol–water partition coefficient (Wildman–Crippen LogP) is 4.20. The van der Waals surface area contributed by atoms with Gasteiger partial charge in [0.05, 0.1) is 6.04 Å². The molecule has 0 radical (unpaired) electrons. The molecule has 1 aromatic carbocycles. The van der Waals surface area contributed by atoms with Crippen molar-refractivity contribution in [2.75, 3.05) is 0 Å². The molecule has 1 aromatic rings. The Morgan fingerprint density at radius 1 is 1.15 bits per heavy atom. The van der Waals surface area contributed by atoms with Crippen LogP contribution in [0.2, 0.25) is 0 Å². The third-order valence-corrected chi connectivity index (χ3v) is 3.10. The van der Waals surface area contributed by atoms with Crippen LogP contribution >= 0.6 is 0 Å². The molecule has 0 spiro atoms.